The molecular weight excluding hydrogens is 349 g/mol. The Hall–Kier alpha value is -1.10. The van der Waals surface area contributed by atoms with Gasteiger partial charge in [-0.3, -0.25) is 0 Å². The highest BCUT2D eigenvalue weighted by molar-refractivity contribution is 9.10. The van der Waals surface area contributed by atoms with Crippen molar-refractivity contribution in [1.82, 2.24) is 4.90 Å². The van der Waals surface area contributed by atoms with Crippen molar-refractivity contribution >= 4 is 22.0 Å². The van der Waals surface area contributed by atoms with Crippen molar-refractivity contribution in [3.8, 4) is 0 Å². The first-order chi connectivity index (χ1) is 10.1. The van der Waals surface area contributed by atoms with Gasteiger partial charge in [0.25, 0.3) is 0 Å². The number of benzene rings is 1. The molecule has 0 aliphatic rings. The lowest BCUT2D eigenvalue weighted by molar-refractivity contribution is 0.0230. The lowest BCUT2D eigenvalue weighted by Crippen LogP contribution is -2.37. The maximum absolute atomic E-state index is 13.8. The third kappa shape index (κ3) is 5.95. The summed E-state index contributed by atoms with van der Waals surface area (Å²) in [7, 11) is 0. The molecule has 0 saturated heterocycles. The van der Waals surface area contributed by atoms with Crippen LogP contribution in [0.1, 0.15) is 51.7 Å². The summed E-state index contributed by atoms with van der Waals surface area (Å²) >= 11 is 3.44. The average Bonchev–Trinajstić information content (AvgIpc) is 2.38. The molecule has 0 spiro atoms. The van der Waals surface area contributed by atoms with Crippen LogP contribution in [-0.4, -0.2) is 23.1 Å². The normalized spacial score (nSPS) is 11.4. The zero-order valence-corrected chi connectivity index (χ0v) is 15.6. The Morgan fingerprint density at radius 1 is 1.36 bits per heavy atom. The Morgan fingerprint density at radius 3 is 2.55 bits per heavy atom. The number of rotatable bonds is 5. The van der Waals surface area contributed by atoms with Gasteiger partial charge in [-0.1, -0.05) is 29.3 Å². The summed E-state index contributed by atoms with van der Waals surface area (Å²) in [6.45, 7) is 10.2. The number of aryl methyl sites for hydroxylation is 1. The predicted octanol–water partition coefficient (Wildman–Crippen LogP) is 5.43. The van der Waals surface area contributed by atoms with Crippen LogP contribution in [0.15, 0.2) is 16.6 Å². The molecule has 0 radical (unpaired) electrons. The van der Waals surface area contributed by atoms with Gasteiger partial charge in [-0.05, 0) is 57.4 Å². The number of amides is 1. The topological polar surface area (TPSA) is 29.5 Å². The second-order valence-corrected chi connectivity index (χ2v) is 7.30. The minimum absolute atomic E-state index is 0.266. The van der Waals surface area contributed by atoms with Crippen molar-refractivity contribution in [2.45, 2.75) is 59.6 Å². The Morgan fingerprint density at radius 2 is 2.00 bits per heavy atom. The van der Waals surface area contributed by atoms with Gasteiger partial charge in [-0.2, -0.15) is 0 Å². The summed E-state index contributed by atoms with van der Waals surface area (Å²) in [5, 5.41) is 0. The molecule has 1 aromatic rings. The molecule has 124 valence electrons. The van der Waals surface area contributed by atoms with E-state index in [0.717, 1.165) is 22.9 Å². The van der Waals surface area contributed by atoms with Gasteiger partial charge in [0.2, 0.25) is 0 Å². The molecule has 0 atom stereocenters. The zero-order chi connectivity index (χ0) is 16.9. The molecule has 0 heterocycles. The highest BCUT2D eigenvalue weighted by atomic mass is 79.9. The molecule has 0 saturated carbocycles. The summed E-state index contributed by atoms with van der Waals surface area (Å²) in [6.07, 6.45) is 1.49. The Labute approximate surface area is 141 Å². The highest BCUT2D eigenvalue weighted by Gasteiger charge is 2.22. The molecule has 0 unspecified atom stereocenters. The second-order valence-electron chi connectivity index (χ2n) is 6.45. The molecule has 1 rings (SSSR count). The van der Waals surface area contributed by atoms with Crippen molar-refractivity contribution in [2.75, 3.05) is 6.54 Å². The van der Waals surface area contributed by atoms with Crippen LogP contribution >= 0.6 is 15.9 Å². The standard InChI is InChI=1S/C17H25BrFNO2/c1-6-7-8-20(16(21)22-17(3,4)5)11-13-10-15(19)12(2)9-14(13)18/h9-10H,6-8,11H2,1-5H3. The Kier molecular flexibility index (Phi) is 6.85. The summed E-state index contributed by atoms with van der Waals surface area (Å²) in [4.78, 5) is 14.0. The van der Waals surface area contributed by atoms with E-state index < -0.39 is 5.60 Å². The number of hydrogen-bond donors (Lipinski definition) is 0. The molecule has 22 heavy (non-hydrogen) atoms. The SMILES string of the molecule is CCCCN(Cc1cc(F)c(C)cc1Br)C(=O)OC(C)(C)C. The molecule has 0 aliphatic heterocycles. The van der Waals surface area contributed by atoms with Crippen LogP contribution in [0, 0.1) is 12.7 Å². The van der Waals surface area contributed by atoms with Crippen LogP contribution in [-0.2, 0) is 11.3 Å². The van der Waals surface area contributed by atoms with Gasteiger partial charge in [0, 0.05) is 11.0 Å². The number of carbonyl (C=O) groups is 1. The van der Waals surface area contributed by atoms with Crippen LogP contribution in [0.4, 0.5) is 9.18 Å². The van der Waals surface area contributed by atoms with E-state index in [1.54, 1.807) is 17.9 Å². The molecule has 1 amide bonds. The molecular formula is C17H25BrFNO2. The lowest BCUT2D eigenvalue weighted by atomic mass is 10.1. The van der Waals surface area contributed by atoms with E-state index in [4.69, 9.17) is 4.74 Å². The van der Waals surface area contributed by atoms with E-state index in [9.17, 15) is 9.18 Å². The maximum Gasteiger partial charge on any atom is 0.410 e. The largest absolute Gasteiger partial charge is 0.444 e. The fourth-order valence-corrected chi connectivity index (χ4v) is 2.51. The third-order valence-corrected chi connectivity index (χ3v) is 3.86. The Balaban J connectivity index is 2.94. The molecule has 0 N–H and O–H groups in total. The Bertz CT molecular complexity index is 526. The molecule has 3 nitrogen and oxygen atoms in total. The summed E-state index contributed by atoms with van der Waals surface area (Å²) in [5.41, 5.74) is 0.773. The minimum atomic E-state index is -0.544. The van der Waals surface area contributed by atoms with Crippen LogP contribution in [0.5, 0.6) is 0 Å². The number of ether oxygens (including phenoxy) is 1. The molecule has 1 aromatic carbocycles. The second kappa shape index (κ2) is 7.95. The number of nitrogens with zero attached hydrogens (tertiary/aromatic N) is 1. The van der Waals surface area contributed by atoms with Crippen molar-refractivity contribution in [1.29, 1.82) is 0 Å². The van der Waals surface area contributed by atoms with Crippen molar-refractivity contribution in [3.05, 3.63) is 33.5 Å². The number of carbonyl (C=O) groups excluding carboxylic acids is 1. The summed E-state index contributed by atoms with van der Waals surface area (Å²) < 4.78 is 20.0. The molecule has 0 aliphatic carbocycles. The molecule has 5 heteroatoms. The molecule has 0 aromatic heterocycles. The van der Waals surface area contributed by atoms with E-state index in [0.29, 0.717) is 18.7 Å². The predicted molar refractivity (Wildman–Crippen MR) is 90.4 cm³/mol. The van der Waals surface area contributed by atoms with Crippen LogP contribution in [0.3, 0.4) is 0 Å². The van der Waals surface area contributed by atoms with Gasteiger partial charge in [0.05, 0.1) is 6.54 Å². The fourth-order valence-electron chi connectivity index (χ4n) is 1.92. The average molecular weight is 374 g/mol. The van der Waals surface area contributed by atoms with E-state index in [1.165, 1.54) is 6.07 Å². The van der Waals surface area contributed by atoms with E-state index in [1.807, 2.05) is 20.8 Å². The van der Waals surface area contributed by atoms with Crippen LogP contribution in [0.25, 0.3) is 0 Å². The number of halogens is 2. The number of hydrogen-bond acceptors (Lipinski definition) is 2. The zero-order valence-electron chi connectivity index (χ0n) is 14.0. The van der Waals surface area contributed by atoms with E-state index in [-0.39, 0.29) is 11.9 Å². The lowest BCUT2D eigenvalue weighted by Gasteiger charge is -2.28. The van der Waals surface area contributed by atoms with Crippen molar-refractivity contribution < 1.29 is 13.9 Å². The quantitative estimate of drug-likeness (QED) is 0.687. The first-order valence-corrected chi connectivity index (χ1v) is 8.35. The summed E-state index contributed by atoms with van der Waals surface area (Å²) in [6, 6.07) is 3.21. The van der Waals surface area contributed by atoms with Crippen molar-refractivity contribution in [2.24, 2.45) is 0 Å². The fraction of sp³-hybridized carbons (Fsp3) is 0.588. The third-order valence-electron chi connectivity index (χ3n) is 3.12. The monoisotopic (exact) mass is 373 g/mol. The van der Waals surface area contributed by atoms with Crippen LogP contribution in [0.2, 0.25) is 0 Å². The minimum Gasteiger partial charge on any atom is -0.444 e. The van der Waals surface area contributed by atoms with Gasteiger partial charge in [0.1, 0.15) is 11.4 Å². The highest BCUT2D eigenvalue weighted by Crippen LogP contribution is 2.23. The first kappa shape index (κ1) is 18.9. The maximum atomic E-state index is 13.8. The smallest absolute Gasteiger partial charge is 0.410 e. The van der Waals surface area contributed by atoms with Gasteiger partial charge in [0.15, 0.2) is 0 Å². The molecule has 0 fully saturated rings. The van der Waals surface area contributed by atoms with E-state index >= 15 is 0 Å². The molecule has 0 bridgehead atoms. The van der Waals surface area contributed by atoms with Gasteiger partial charge < -0.3 is 9.64 Å². The summed E-state index contributed by atoms with van der Waals surface area (Å²) in [5.74, 6) is -0.266. The van der Waals surface area contributed by atoms with Gasteiger partial charge in [-0.15, -0.1) is 0 Å². The number of unbranched alkanes of at least 4 members (excludes halogenated alkanes) is 1. The van der Waals surface area contributed by atoms with Crippen LogP contribution < -0.4 is 0 Å². The van der Waals surface area contributed by atoms with Crippen molar-refractivity contribution in [3.63, 3.8) is 0 Å². The van der Waals surface area contributed by atoms with Gasteiger partial charge in [-0.25, -0.2) is 9.18 Å². The van der Waals surface area contributed by atoms with E-state index in [2.05, 4.69) is 22.9 Å². The first-order valence-electron chi connectivity index (χ1n) is 7.56. The van der Waals surface area contributed by atoms with Gasteiger partial charge >= 0.3 is 6.09 Å².